The fourth-order valence-corrected chi connectivity index (χ4v) is 6.89. The lowest BCUT2D eigenvalue weighted by molar-refractivity contribution is -0.268. The molecule has 2 heterocycles. The number of thiophene rings is 1. The highest BCUT2D eigenvalue weighted by molar-refractivity contribution is 7.19. The van der Waals surface area contributed by atoms with Crippen LogP contribution in [0.4, 0.5) is 0 Å². The van der Waals surface area contributed by atoms with Gasteiger partial charge in [-0.05, 0) is 61.3 Å². The van der Waals surface area contributed by atoms with Crippen molar-refractivity contribution in [3.63, 3.8) is 0 Å². The number of aryl methyl sites for hydroxylation is 1. The van der Waals surface area contributed by atoms with E-state index in [-0.39, 0.29) is 30.5 Å². The van der Waals surface area contributed by atoms with E-state index in [2.05, 4.69) is 83.1 Å². The molecule has 2 aromatic carbocycles. The summed E-state index contributed by atoms with van der Waals surface area (Å²) in [5, 5.41) is 1.33. The fourth-order valence-electron chi connectivity index (χ4n) is 5.81. The molecule has 0 saturated carbocycles. The van der Waals surface area contributed by atoms with Crippen LogP contribution in [0.3, 0.4) is 0 Å². The SMILES string of the molecule is CCCCOC[C@H]1O[C@@H](c2cccc(Cc3cc4cc(C)ccc4s3)c2)[C@H](OCCCC)[C@@H](OCCCC)[C@@H]1OCCCC. The van der Waals surface area contributed by atoms with Gasteiger partial charge in [-0.1, -0.05) is 95.3 Å². The van der Waals surface area contributed by atoms with E-state index >= 15 is 0 Å². The third kappa shape index (κ3) is 10.1. The highest BCUT2D eigenvalue weighted by Gasteiger charge is 2.48. The maximum Gasteiger partial charge on any atom is 0.117 e. The summed E-state index contributed by atoms with van der Waals surface area (Å²) in [6.45, 7) is 14.2. The summed E-state index contributed by atoms with van der Waals surface area (Å²) in [4.78, 5) is 1.37. The van der Waals surface area contributed by atoms with E-state index in [1.54, 1.807) is 0 Å². The number of unbranched alkanes of at least 4 members (excludes halogenated alkanes) is 4. The van der Waals surface area contributed by atoms with Crippen molar-refractivity contribution in [3.8, 4) is 0 Å². The lowest BCUT2D eigenvalue weighted by Gasteiger charge is -2.46. The summed E-state index contributed by atoms with van der Waals surface area (Å²) >= 11 is 1.88. The predicted molar refractivity (Wildman–Crippen MR) is 183 cm³/mol. The molecule has 5 nitrogen and oxygen atoms in total. The topological polar surface area (TPSA) is 46.2 Å². The summed E-state index contributed by atoms with van der Waals surface area (Å²) < 4.78 is 34.5. The number of fused-ring (bicyclic) bond motifs is 1. The molecule has 0 spiro atoms. The van der Waals surface area contributed by atoms with E-state index in [0.717, 1.165) is 70.0 Å². The monoisotopic (exact) mass is 624 g/mol. The molecular formula is C38H56O5S. The summed E-state index contributed by atoms with van der Waals surface area (Å²) in [6.07, 6.45) is 8.04. The van der Waals surface area contributed by atoms with E-state index < -0.39 is 0 Å². The highest BCUT2D eigenvalue weighted by atomic mass is 32.1. The lowest BCUT2D eigenvalue weighted by atomic mass is 9.89. The van der Waals surface area contributed by atoms with Gasteiger partial charge in [0.2, 0.25) is 0 Å². The Balaban J connectivity index is 1.64. The number of ether oxygens (including phenoxy) is 5. The van der Waals surface area contributed by atoms with Gasteiger partial charge in [0.25, 0.3) is 0 Å². The molecule has 1 aliphatic heterocycles. The van der Waals surface area contributed by atoms with Crippen LogP contribution in [0.2, 0.25) is 0 Å². The summed E-state index contributed by atoms with van der Waals surface area (Å²) in [5.41, 5.74) is 3.71. The average molecular weight is 625 g/mol. The third-order valence-electron chi connectivity index (χ3n) is 8.36. The fraction of sp³-hybridized carbons (Fsp3) is 0.632. The molecule has 44 heavy (non-hydrogen) atoms. The quantitative estimate of drug-likeness (QED) is 0.117. The van der Waals surface area contributed by atoms with E-state index in [1.165, 1.54) is 26.1 Å². The van der Waals surface area contributed by atoms with Gasteiger partial charge in [-0.15, -0.1) is 11.3 Å². The largest absolute Gasteiger partial charge is 0.379 e. The molecule has 6 heteroatoms. The average Bonchev–Trinajstić information content (AvgIpc) is 3.42. The molecule has 0 radical (unpaired) electrons. The molecule has 1 fully saturated rings. The molecule has 3 aromatic rings. The van der Waals surface area contributed by atoms with E-state index in [9.17, 15) is 0 Å². The van der Waals surface area contributed by atoms with Crippen molar-refractivity contribution in [3.05, 3.63) is 70.1 Å². The first-order valence-corrected chi connectivity index (χ1v) is 18.0. The van der Waals surface area contributed by atoms with Gasteiger partial charge in [-0.25, -0.2) is 0 Å². The normalized spacial score (nSPS) is 22.2. The zero-order chi connectivity index (χ0) is 31.1. The predicted octanol–water partition coefficient (Wildman–Crippen LogP) is 9.61. The second-order valence-electron chi connectivity index (χ2n) is 12.3. The Kier molecular flexibility index (Phi) is 15.1. The minimum atomic E-state index is -0.269. The van der Waals surface area contributed by atoms with Crippen molar-refractivity contribution in [1.29, 1.82) is 0 Å². The molecule has 0 unspecified atom stereocenters. The molecule has 5 atom stereocenters. The van der Waals surface area contributed by atoms with Crippen LogP contribution in [-0.2, 0) is 30.1 Å². The van der Waals surface area contributed by atoms with Gasteiger partial charge in [0, 0.05) is 42.4 Å². The minimum Gasteiger partial charge on any atom is -0.379 e. The first-order chi connectivity index (χ1) is 21.6. The van der Waals surface area contributed by atoms with Crippen molar-refractivity contribution in [2.45, 2.75) is 123 Å². The molecule has 244 valence electrons. The van der Waals surface area contributed by atoms with E-state index in [4.69, 9.17) is 23.7 Å². The Hall–Kier alpha value is -1.80. The molecule has 1 aliphatic rings. The maximum absolute atomic E-state index is 6.99. The van der Waals surface area contributed by atoms with Crippen molar-refractivity contribution < 1.29 is 23.7 Å². The molecule has 1 aromatic heterocycles. The van der Waals surface area contributed by atoms with Crippen molar-refractivity contribution >= 4 is 21.4 Å². The Morgan fingerprint density at radius 2 is 1.36 bits per heavy atom. The van der Waals surface area contributed by atoms with Gasteiger partial charge in [-0.3, -0.25) is 0 Å². The number of benzene rings is 2. The van der Waals surface area contributed by atoms with Gasteiger partial charge in [0.1, 0.15) is 30.5 Å². The molecule has 0 N–H and O–H groups in total. The van der Waals surface area contributed by atoms with Gasteiger partial charge in [0.05, 0.1) is 6.61 Å². The van der Waals surface area contributed by atoms with Crippen molar-refractivity contribution in [2.75, 3.05) is 33.0 Å². The van der Waals surface area contributed by atoms with Crippen molar-refractivity contribution in [2.24, 2.45) is 0 Å². The van der Waals surface area contributed by atoms with Crippen LogP contribution in [0.5, 0.6) is 0 Å². The highest BCUT2D eigenvalue weighted by Crippen LogP contribution is 2.38. The van der Waals surface area contributed by atoms with Gasteiger partial charge in [-0.2, -0.15) is 0 Å². The summed E-state index contributed by atoms with van der Waals surface area (Å²) in [5.74, 6) is 0. The Morgan fingerprint density at radius 1 is 0.705 bits per heavy atom. The number of hydrogen-bond donors (Lipinski definition) is 0. The summed E-state index contributed by atoms with van der Waals surface area (Å²) in [7, 11) is 0. The van der Waals surface area contributed by atoms with E-state index in [1.807, 2.05) is 11.3 Å². The third-order valence-corrected chi connectivity index (χ3v) is 9.48. The zero-order valence-electron chi connectivity index (χ0n) is 27.9. The molecule has 0 bridgehead atoms. The van der Waals surface area contributed by atoms with Crippen LogP contribution in [0.15, 0.2) is 48.5 Å². The smallest absolute Gasteiger partial charge is 0.117 e. The first kappa shape index (κ1) is 35.1. The number of rotatable bonds is 20. The van der Waals surface area contributed by atoms with Crippen LogP contribution in [0.1, 0.15) is 107 Å². The Morgan fingerprint density at radius 3 is 2.07 bits per heavy atom. The second-order valence-corrected chi connectivity index (χ2v) is 13.4. The van der Waals surface area contributed by atoms with E-state index in [0.29, 0.717) is 26.4 Å². The molecule has 4 rings (SSSR count). The minimum absolute atomic E-state index is 0.233. The second kappa shape index (κ2) is 19.0. The van der Waals surface area contributed by atoms with Crippen molar-refractivity contribution in [1.82, 2.24) is 0 Å². The van der Waals surface area contributed by atoms with Gasteiger partial charge >= 0.3 is 0 Å². The number of hydrogen-bond acceptors (Lipinski definition) is 6. The Labute approximate surface area is 270 Å². The van der Waals surface area contributed by atoms with Crippen LogP contribution >= 0.6 is 11.3 Å². The first-order valence-electron chi connectivity index (χ1n) is 17.2. The van der Waals surface area contributed by atoms with Crippen LogP contribution < -0.4 is 0 Å². The lowest BCUT2D eigenvalue weighted by Crippen LogP contribution is -2.58. The molecule has 0 amide bonds. The molecule has 0 aliphatic carbocycles. The molecule has 1 saturated heterocycles. The van der Waals surface area contributed by atoms with Gasteiger partial charge in [0.15, 0.2) is 0 Å². The molecular weight excluding hydrogens is 568 g/mol. The zero-order valence-corrected chi connectivity index (χ0v) is 28.7. The van der Waals surface area contributed by atoms with Gasteiger partial charge < -0.3 is 23.7 Å². The van der Waals surface area contributed by atoms with Crippen LogP contribution in [-0.4, -0.2) is 57.5 Å². The van der Waals surface area contributed by atoms with Crippen LogP contribution in [0, 0.1) is 6.92 Å². The standard InChI is InChI=1S/C38H56O5S/c1-6-10-19-39-27-33-36(40-20-11-7-2)38(42-22-13-9-4)37(41-21-12-8-3)35(43-33)30-16-14-15-29(24-30)25-32-26-31-23-28(5)17-18-34(31)44-32/h14-18,23-24,26,33,35-38H,6-13,19-22,25,27H2,1-5H3/t33-,35+,36-,37+,38+/m1/s1. The maximum atomic E-state index is 6.99. The Bertz CT molecular complexity index is 1220. The van der Waals surface area contributed by atoms with Crippen LogP contribution in [0.25, 0.3) is 10.1 Å². The summed E-state index contributed by atoms with van der Waals surface area (Å²) in [6, 6.07) is 18.0.